The van der Waals surface area contributed by atoms with E-state index in [0.29, 0.717) is 12.6 Å². The second-order valence-electron chi connectivity index (χ2n) is 5.41. The number of nitrogens with zero attached hydrogens (tertiary/aromatic N) is 2. The van der Waals surface area contributed by atoms with Crippen molar-refractivity contribution < 1.29 is 4.79 Å². The SMILES string of the molecule is CCC(CC)NC(=O)CN(C)CCN1CCNCC1. The Labute approximate surface area is 117 Å². The van der Waals surface area contributed by atoms with Crippen molar-refractivity contribution >= 4 is 5.91 Å². The molecule has 0 unspecified atom stereocenters. The van der Waals surface area contributed by atoms with Crippen molar-refractivity contribution in [3.05, 3.63) is 0 Å². The molecule has 1 heterocycles. The molecule has 0 aliphatic carbocycles. The van der Waals surface area contributed by atoms with Crippen molar-refractivity contribution in [3.8, 4) is 0 Å². The highest BCUT2D eigenvalue weighted by Crippen LogP contribution is 1.97. The molecule has 1 aliphatic heterocycles. The molecule has 5 heteroatoms. The fraction of sp³-hybridized carbons (Fsp3) is 0.929. The number of hydrogen-bond acceptors (Lipinski definition) is 4. The van der Waals surface area contributed by atoms with Gasteiger partial charge in [0.1, 0.15) is 0 Å². The van der Waals surface area contributed by atoms with Gasteiger partial charge in [0.05, 0.1) is 6.54 Å². The fourth-order valence-corrected chi connectivity index (χ4v) is 2.34. The first kappa shape index (κ1) is 16.4. The maximum absolute atomic E-state index is 11.9. The molecule has 0 aromatic heterocycles. The molecule has 19 heavy (non-hydrogen) atoms. The molecular formula is C14H30N4O. The van der Waals surface area contributed by atoms with Crippen LogP contribution < -0.4 is 10.6 Å². The zero-order valence-electron chi connectivity index (χ0n) is 12.7. The Morgan fingerprint density at radius 3 is 2.53 bits per heavy atom. The molecule has 0 aromatic carbocycles. The van der Waals surface area contributed by atoms with Crippen LogP contribution in [-0.2, 0) is 4.79 Å². The van der Waals surface area contributed by atoms with E-state index in [-0.39, 0.29) is 5.91 Å². The first-order chi connectivity index (χ1) is 9.15. The number of amides is 1. The summed E-state index contributed by atoms with van der Waals surface area (Å²) < 4.78 is 0. The van der Waals surface area contributed by atoms with Crippen molar-refractivity contribution in [2.45, 2.75) is 32.7 Å². The van der Waals surface area contributed by atoms with Gasteiger partial charge in [0, 0.05) is 45.3 Å². The van der Waals surface area contributed by atoms with Crippen LogP contribution in [0.25, 0.3) is 0 Å². The normalized spacial score (nSPS) is 17.1. The molecule has 0 atom stereocenters. The largest absolute Gasteiger partial charge is 0.352 e. The van der Waals surface area contributed by atoms with Crippen LogP contribution in [0, 0.1) is 0 Å². The van der Waals surface area contributed by atoms with E-state index in [2.05, 4.69) is 34.3 Å². The number of piperazine rings is 1. The van der Waals surface area contributed by atoms with Gasteiger partial charge < -0.3 is 10.6 Å². The van der Waals surface area contributed by atoms with Crippen LogP contribution in [0.1, 0.15) is 26.7 Å². The van der Waals surface area contributed by atoms with E-state index in [1.54, 1.807) is 0 Å². The summed E-state index contributed by atoms with van der Waals surface area (Å²) in [6.07, 6.45) is 2.01. The highest BCUT2D eigenvalue weighted by atomic mass is 16.2. The summed E-state index contributed by atoms with van der Waals surface area (Å²) in [5.41, 5.74) is 0. The molecule has 0 spiro atoms. The lowest BCUT2D eigenvalue weighted by Gasteiger charge is -2.29. The van der Waals surface area contributed by atoms with Crippen LogP contribution in [0.3, 0.4) is 0 Å². The standard InChI is InChI=1S/C14H30N4O/c1-4-13(5-2)16-14(19)12-17(3)10-11-18-8-6-15-7-9-18/h13,15H,4-12H2,1-3H3,(H,16,19). The molecule has 1 amide bonds. The second-order valence-corrected chi connectivity index (χ2v) is 5.41. The topological polar surface area (TPSA) is 47.6 Å². The number of carbonyl (C=O) groups is 1. The van der Waals surface area contributed by atoms with Gasteiger partial charge in [-0.3, -0.25) is 14.6 Å². The number of nitrogens with one attached hydrogen (secondary N) is 2. The van der Waals surface area contributed by atoms with Crippen LogP contribution >= 0.6 is 0 Å². The Bertz CT molecular complexity index is 250. The van der Waals surface area contributed by atoms with E-state index in [9.17, 15) is 4.79 Å². The van der Waals surface area contributed by atoms with Crippen LogP contribution in [0.4, 0.5) is 0 Å². The summed E-state index contributed by atoms with van der Waals surface area (Å²) in [6, 6.07) is 0.328. The molecule has 1 fully saturated rings. The van der Waals surface area contributed by atoms with E-state index in [1.807, 2.05) is 7.05 Å². The van der Waals surface area contributed by atoms with Crippen LogP contribution in [-0.4, -0.2) is 74.6 Å². The summed E-state index contributed by atoms with van der Waals surface area (Å²) in [4.78, 5) is 16.4. The van der Waals surface area contributed by atoms with Gasteiger partial charge in [-0.25, -0.2) is 0 Å². The molecule has 2 N–H and O–H groups in total. The Kier molecular flexibility index (Phi) is 8.02. The molecule has 1 saturated heterocycles. The first-order valence-electron chi connectivity index (χ1n) is 7.56. The summed E-state index contributed by atoms with van der Waals surface area (Å²) in [5, 5.41) is 6.43. The quantitative estimate of drug-likeness (QED) is 0.658. The average Bonchev–Trinajstić information content (AvgIpc) is 2.43. The number of carbonyl (C=O) groups excluding carboxylic acids is 1. The van der Waals surface area contributed by atoms with Gasteiger partial charge in [0.2, 0.25) is 5.91 Å². The van der Waals surface area contributed by atoms with Crippen LogP contribution in [0.2, 0.25) is 0 Å². The maximum atomic E-state index is 11.9. The van der Waals surface area contributed by atoms with E-state index >= 15 is 0 Å². The minimum absolute atomic E-state index is 0.150. The third-order valence-corrected chi connectivity index (χ3v) is 3.77. The molecule has 0 aromatic rings. The third kappa shape index (κ3) is 6.89. The lowest BCUT2D eigenvalue weighted by atomic mass is 10.2. The van der Waals surface area contributed by atoms with Crippen molar-refractivity contribution in [1.29, 1.82) is 0 Å². The average molecular weight is 270 g/mol. The van der Waals surface area contributed by atoms with Gasteiger partial charge in [0.25, 0.3) is 0 Å². The molecule has 112 valence electrons. The van der Waals surface area contributed by atoms with Crippen LogP contribution in [0.15, 0.2) is 0 Å². The van der Waals surface area contributed by atoms with Crippen molar-refractivity contribution in [2.75, 3.05) is 52.9 Å². The number of likely N-dealkylation sites (N-methyl/N-ethyl adjacent to an activating group) is 1. The summed E-state index contributed by atoms with van der Waals surface area (Å²) in [6.45, 7) is 11.1. The van der Waals surface area contributed by atoms with Crippen LogP contribution in [0.5, 0.6) is 0 Å². The van der Waals surface area contributed by atoms with Gasteiger partial charge in [0.15, 0.2) is 0 Å². The fourth-order valence-electron chi connectivity index (χ4n) is 2.34. The van der Waals surface area contributed by atoms with Gasteiger partial charge in [-0.05, 0) is 19.9 Å². The van der Waals surface area contributed by atoms with Crippen molar-refractivity contribution in [3.63, 3.8) is 0 Å². The van der Waals surface area contributed by atoms with Crippen molar-refractivity contribution in [2.24, 2.45) is 0 Å². The highest BCUT2D eigenvalue weighted by molar-refractivity contribution is 5.78. The minimum atomic E-state index is 0.150. The van der Waals surface area contributed by atoms with Gasteiger partial charge in [-0.2, -0.15) is 0 Å². The maximum Gasteiger partial charge on any atom is 0.234 e. The zero-order chi connectivity index (χ0) is 14.1. The van der Waals surface area contributed by atoms with Gasteiger partial charge in [-0.1, -0.05) is 13.8 Å². The lowest BCUT2D eigenvalue weighted by Crippen LogP contribution is -2.47. The minimum Gasteiger partial charge on any atom is -0.352 e. The summed E-state index contributed by atoms with van der Waals surface area (Å²) in [5.74, 6) is 0.150. The molecule has 0 saturated carbocycles. The zero-order valence-corrected chi connectivity index (χ0v) is 12.7. The highest BCUT2D eigenvalue weighted by Gasteiger charge is 2.13. The summed E-state index contributed by atoms with van der Waals surface area (Å²) >= 11 is 0. The molecule has 1 aliphatic rings. The monoisotopic (exact) mass is 270 g/mol. The smallest absolute Gasteiger partial charge is 0.234 e. The van der Waals surface area contributed by atoms with E-state index < -0.39 is 0 Å². The Morgan fingerprint density at radius 2 is 1.95 bits per heavy atom. The van der Waals surface area contributed by atoms with Gasteiger partial charge >= 0.3 is 0 Å². The first-order valence-corrected chi connectivity index (χ1v) is 7.56. The number of rotatable bonds is 8. The Balaban J connectivity index is 2.15. The van der Waals surface area contributed by atoms with Crippen molar-refractivity contribution in [1.82, 2.24) is 20.4 Å². The molecular weight excluding hydrogens is 240 g/mol. The van der Waals surface area contributed by atoms with E-state index in [0.717, 1.165) is 52.1 Å². The molecule has 0 bridgehead atoms. The Hall–Kier alpha value is -0.650. The lowest BCUT2D eigenvalue weighted by molar-refractivity contribution is -0.122. The third-order valence-electron chi connectivity index (χ3n) is 3.77. The Morgan fingerprint density at radius 1 is 1.32 bits per heavy atom. The predicted molar refractivity (Wildman–Crippen MR) is 79.3 cm³/mol. The summed E-state index contributed by atoms with van der Waals surface area (Å²) in [7, 11) is 2.02. The van der Waals surface area contributed by atoms with Gasteiger partial charge in [-0.15, -0.1) is 0 Å². The van der Waals surface area contributed by atoms with E-state index in [4.69, 9.17) is 0 Å². The predicted octanol–water partition coefficient (Wildman–Crippen LogP) is 0.128. The molecule has 1 rings (SSSR count). The molecule has 5 nitrogen and oxygen atoms in total. The number of hydrogen-bond donors (Lipinski definition) is 2. The second kappa shape index (κ2) is 9.28. The van der Waals surface area contributed by atoms with E-state index in [1.165, 1.54) is 0 Å². The molecule has 0 radical (unpaired) electrons.